The first-order chi connectivity index (χ1) is 65.6. The molecule has 616 valence electrons. The molecule has 0 atom stereocenters. The van der Waals surface area contributed by atoms with Crippen molar-refractivity contribution in [1.82, 2.24) is 0 Å². The fourth-order valence-electron chi connectivity index (χ4n) is 21.5. The maximum atomic E-state index is 2.49. The highest BCUT2D eigenvalue weighted by Crippen LogP contribution is 2.64. The molecule has 0 aliphatic heterocycles. The molecule has 132 heavy (non-hydrogen) atoms. The molecule has 28 aromatic rings. The zero-order valence-corrected chi connectivity index (χ0v) is 77.4. The lowest BCUT2D eigenvalue weighted by Gasteiger charge is -2.27. The van der Waals surface area contributed by atoms with Crippen LogP contribution in [0.2, 0.25) is 0 Å². The van der Waals surface area contributed by atoms with Gasteiger partial charge in [-0.25, -0.2) is 0 Å². The smallest absolute Gasteiger partial charge is 0.0441 e. The molecule has 8 heteroatoms. The third-order valence-electron chi connectivity index (χ3n) is 27.0. The van der Waals surface area contributed by atoms with E-state index in [0.29, 0.717) is 0 Å². The number of benzene rings is 20. The van der Waals surface area contributed by atoms with Crippen molar-refractivity contribution >= 4 is 239 Å². The molecule has 0 fully saturated rings. The first kappa shape index (κ1) is 77.6. The van der Waals surface area contributed by atoms with Crippen LogP contribution in [0.25, 0.3) is 279 Å². The van der Waals surface area contributed by atoms with Crippen LogP contribution >= 0.6 is 90.7 Å². The second-order valence-corrected chi connectivity index (χ2v) is 41.3. The minimum absolute atomic E-state index is 1.20. The first-order valence-electron chi connectivity index (χ1n) is 44.6. The summed E-state index contributed by atoms with van der Waals surface area (Å²) in [5.41, 5.74) is 25.0. The van der Waals surface area contributed by atoms with Crippen molar-refractivity contribution in [1.29, 1.82) is 0 Å². The van der Waals surface area contributed by atoms with Gasteiger partial charge in [-0.15, -0.1) is 45.3 Å². The van der Waals surface area contributed by atoms with Gasteiger partial charge in [0.25, 0.3) is 0 Å². The highest BCUT2D eigenvalue weighted by molar-refractivity contribution is 7.27. The predicted molar refractivity (Wildman–Crippen MR) is 586 cm³/mol. The van der Waals surface area contributed by atoms with E-state index < -0.39 is 0 Å². The summed E-state index contributed by atoms with van der Waals surface area (Å²) in [5, 5.41) is 50.6. The fourth-order valence-corrected chi connectivity index (χ4v) is 29.8. The van der Waals surface area contributed by atoms with Gasteiger partial charge >= 0.3 is 0 Å². The van der Waals surface area contributed by atoms with Gasteiger partial charge in [0.15, 0.2) is 0 Å². The van der Waals surface area contributed by atoms with Gasteiger partial charge in [-0.1, -0.05) is 364 Å². The zero-order chi connectivity index (χ0) is 86.6. The van der Waals surface area contributed by atoms with Crippen LogP contribution in [0.15, 0.2) is 431 Å². The summed E-state index contributed by atoms with van der Waals surface area (Å²) in [6.07, 6.45) is 0. The van der Waals surface area contributed by atoms with Crippen LogP contribution in [-0.4, -0.2) is 0 Å². The summed E-state index contributed by atoms with van der Waals surface area (Å²) in [5.74, 6) is 0. The van der Waals surface area contributed by atoms with Gasteiger partial charge < -0.3 is 0 Å². The van der Waals surface area contributed by atoms with Crippen LogP contribution in [-0.2, 0) is 0 Å². The van der Waals surface area contributed by atoms with E-state index in [1.54, 1.807) is 0 Å². The zero-order valence-electron chi connectivity index (χ0n) is 70.8. The maximum Gasteiger partial charge on any atom is 0.0441 e. The van der Waals surface area contributed by atoms with E-state index in [9.17, 15) is 0 Å². The molecule has 0 spiro atoms. The van der Waals surface area contributed by atoms with Gasteiger partial charge in [-0.3, -0.25) is 0 Å². The summed E-state index contributed by atoms with van der Waals surface area (Å²) in [6, 6.07) is 144. The molecule has 0 N–H and O–H groups in total. The van der Waals surface area contributed by atoms with E-state index in [1.165, 1.54) is 279 Å². The molecule has 0 saturated heterocycles. The van der Waals surface area contributed by atoms with Crippen molar-refractivity contribution in [2.45, 2.75) is 0 Å². The molecule has 0 radical (unpaired) electrons. The molecule has 0 saturated carbocycles. The van der Waals surface area contributed by atoms with E-state index in [1.807, 2.05) is 90.7 Å². The lowest BCUT2D eigenvalue weighted by Crippen LogP contribution is -1.99. The predicted octanol–water partition coefficient (Wildman–Crippen LogP) is 40.0. The van der Waals surface area contributed by atoms with Crippen LogP contribution in [0.1, 0.15) is 0 Å². The van der Waals surface area contributed by atoms with Crippen molar-refractivity contribution in [3.05, 3.63) is 431 Å². The summed E-state index contributed by atoms with van der Waals surface area (Å²) < 4.78 is 5.23. The number of thiophene rings is 8. The Hall–Kier alpha value is -14.4. The first-order valence-corrected chi connectivity index (χ1v) is 51.6. The molecule has 0 aliphatic rings. The average molecular weight is 1820 g/mol. The van der Waals surface area contributed by atoms with Gasteiger partial charge in [0, 0.05) is 146 Å². The van der Waals surface area contributed by atoms with Gasteiger partial charge in [-0.05, 0) is 200 Å². The molecule has 0 nitrogen and oxygen atoms in total. The van der Waals surface area contributed by atoms with E-state index in [0.717, 1.165) is 0 Å². The van der Waals surface area contributed by atoms with Crippen LogP contribution in [0.5, 0.6) is 0 Å². The van der Waals surface area contributed by atoms with Gasteiger partial charge in [0.1, 0.15) is 0 Å². The van der Waals surface area contributed by atoms with Crippen LogP contribution in [0, 0.1) is 0 Å². The highest BCUT2D eigenvalue weighted by Gasteiger charge is 2.35. The number of rotatable bonds is 12. The molecular weight excluding hydrogens is 1750 g/mol. The van der Waals surface area contributed by atoms with Crippen LogP contribution in [0.4, 0.5) is 0 Å². The number of hydrogen-bond acceptors (Lipinski definition) is 8. The minimum Gasteiger partial charge on any atom is -0.151 e. The SMILES string of the molecule is c1ccc(-c2c3c(-c4ccccc4)c4c5cscc5c5cscc5c4c(-c4ccccc4)c3c(-c3ccccc3)c3c4cscc4c4cscc4c23)cc1.c1ccc(-c2cc3c4cc(-c5ccccc5)sc4c4c(-c5ccccc5)c5c(-c6ccccc6)c6c7sc(-c8ccccc8)cc7c7cc(-c8ccccc8)sc7c6c(-c6ccccc6)c5c(-c5ccccc5)c4c3s2)cc1. The van der Waals surface area contributed by atoms with E-state index in [2.05, 4.69) is 431 Å². The Morgan fingerprint density at radius 3 is 0.409 bits per heavy atom. The summed E-state index contributed by atoms with van der Waals surface area (Å²) in [6.45, 7) is 0. The van der Waals surface area contributed by atoms with E-state index >= 15 is 0 Å². The Labute approximate surface area is 793 Å². The molecule has 0 unspecified atom stereocenters. The molecule has 8 heterocycles. The third-order valence-corrected chi connectivity index (χ3v) is 34.7. The van der Waals surface area contributed by atoms with Crippen molar-refractivity contribution in [2.75, 3.05) is 0 Å². The second kappa shape index (κ2) is 31.8. The quantitative estimate of drug-likeness (QED) is 0.107. The van der Waals surface area contributed by atoms with Crippen molar-refractivity contribution in [3.63, 3.8) is 0 Å². The van der Waals surface area contributed by atoms with Gasteiger partial charge in [-0.2, -0.15) is 45.3 Å². The Balaban J connectivity index is 0.000000144. The van der Waals surface area contributed by atoms with Crippen LogP contribution < -0.4 is 0 Å². The summed E-state index contributed by atoms with van der Waals surface area (Å²) in [7, 11) is 0. The largest absolute Gasteiger partial charge is 0.151 e. The summed E-state index contributed by atoms with van der Waals surface area (Å²) >= 11 is 15.0. The molecule has 28 rings (SSSR count). The molecule has 0 bridgehead atoms. The second-order valence-electron chi connectivity index (χ2n) is 34.1. The van der Waals surface area contributed by atoms with E-state index in [4.69, 9.17) is 0 Å². The minimum atomic E-state index is 1.20. The normalized spacial score (nSPS) is 11.9. The Kier molecular flexibility index (Phi) is 18.7. The summed E-state index contributed by atoms with van der Waals surface area (Å²) in [4.78, 5) is 5.06. The molecule has 20 aromatic carbocycles. The Bertz CT molecular complexity index is 8340. The standard InChI is InChI=1S/C74H44S4.C50H28S4/c1-9-25-45(26-10-1)57-41-53-54-42-58(46-27-11-2-12-28-46)76-72(54)68-62(50-35-19-6-20-36-50)66-64(52-39-23-8-24-40-52)70-69(63(51-37-21-7-22-38-51)65(66)61(67(68)71(53)75-57)49-33-17-5-18-34-49)73-55(43-59(77-73)47-29-13-3-14-30-47)56-44-60(78-74(56)70)48-31-15-4-16-32-48;1-5-13-29(14-6-1)41-45-37-25-51-21-33(37)34-22-52-26-38(34)46(45)43(31-17-9-3-10-18-31)50-44(32-19-11-4-12-20-32)48-40-28-54-24-36(40)35-23-53-27-39(35)47(48)42(49(41)50)30-15-7-2-8-16-30/h1-44H;1-28H. The molecule has 0 aliphatic carbocycles. The fraction of sp³-hybridized carbons (Fsp3) is 0. The lowest BCUT2D eigenvalue weighted by atomic mass is 9.75. The van der Waals surface area contributed by atoms with Crippen molar-refractivity contribution in [2.24, 2.45) is 0 Å². The number of hydrogen-bond donors (Lipinski definition) is 0. The highest BCUT2D eigenvalue weighted by atomic mass is 32.1. The van der Waals surface area contributed by atoms with Crippen LogP contribution in [0.3, 0.4) is 0 Å². The molecular formula is C124H72S8. The molecule has 8 aromatic heterocycles. The maximum absolute atomic E-state index is 2.49. The van der Waals surface area contributed by atoms with E-state index in [-0.39, 0.29) is 0 Å². The average Bonchev–Trinajstić information content (AvgIpc) is 1.44. The Morgan fingerprint density at radius 1 is 0.114 bits per heavy atom. The van der Waals surface area contributed by atoms with Gasteiger partial charge in [0.2, 0.25) is 0 Å². The van der Waals surface area contributed by atoms with Crippen molar-refractivity contribution in [3.8, 4) is 131 Å². The molecule has 0 amide bonds. The lowest BCUT2D eigenvalue weighted by molar-refractivity contribution is 1.65. The monoisotopic (exact) mass is 1820 g/mol. The van der Waals surface area contributed by atoms with Crippen molar-refractivity contribution < 1.29 is 0 Å². The van der Waals surface area contributed by atoms with Gasteiger partial charge in [0.05, 0.1) is 0 Å². The Morgan fingerprint density at radius 2 is 0.250 bits per heavy atom. The topological polar surface area (TPSA) is 0 Å². The third kappa shape index (κ3) is 12.2. The number of fused-ring (bicyclic) bond motifs is 26.